The normalized spacial score (nSPS) is 46.8. The third kappa shape index (κ3) is 0.743. The fourth-order valence-electron chi connectivity index (χ4n) is 2.95. The molecule has 0 radical (unpaired) electrons. The number of fused-ring (bicyclic) bond motifs is 2. The average Bonchev–Trinajstić information content (AvgIpc) is 1.93. The molecule has 62 valence electrons. The van der Waals surface area contributed by atoms with Crippen molar-refractivity contribution in [3.8, 4) is 0 Å². The van der Waals surface area contributed by atoms with Gasteiger partial charge in [0, 0.05) is 5.71 Å². The summed E-state index contributed by atoms with van der Waals surface area (Å²) in [5.41, 5.74) is 1.55. The molecule has 0 aromatic carbocycles. The molecular weight excluding hydrogens is 134 g/mol. The first kappa shape index (κ1) is 7.33. The minimum atomic E-state index is 0.546. The van der Waals surface area contributed by atoms with Gasteiger partial charge in [0.15, 0.2) is 0 Å². The number of rotatable bonds is 0. The summed E-state index contributed by atoms with van der Waals surface area (Å²) in [6.07, 6.45) is 2.46. The van der Waals surface area contributed by atoms with Crippen LogP contribution in [0.15, 0.2) is 0 Å². The van der Waals surface area contributed by atoms with Crippen molar-refractivity contribution in [2.45, 2.75) is 33.6 Å². The van der Waals surface area contributed by atoms with Crippen LogP contribution in [0.25, 0.3) is 0 Å². The van der Waals surface area contributed by atoms with Gasteiger partial charge in [-0.25, -0.2) is 0 Å². The highest BCUT2D eigenvalue weighted by Crippen LogP contribution is 2.60. The van der Waals surface area contributed by atoms with Crippen LogP contribution in [-0.4, -0.2) is 5.71 Å². The molecule has 0 spiro atoms. The smallest absolute Gasteiger partial charge is 0.0123 e. The van der Waals surface area contributed by atoms with Crippen LogP contribution in [0, 0.1) is 28.6 Å². The van der Waals surface area contributed by atoms with E-state index in [1.165, 1.54) is 6.42 Å². The lowest BCUT2D eigenvalue weighted by molar-refractivity contribution is -0.0524. The van der Waals surface area contributed by atoms with Crippen molar-refractivity contribution in [3.63, 3.8) is 0 Å². The number of nitrogens with one attached hydrogen (secondary N) is 1. The standard InChI is InChI=1S/C10H17N/c1-6-8-4-7(5-9(6)11)10(8,2)3/h6-8,11H,4-5H2,1-3H3/t6-,7-,8+/m0/s1. The first-order chi connectivity index (χ1) is 5.03. The second-order valence-electron chi connectivity index (χ2n) is 4.88. The minimum absolute atomic E-state index is 0.546. The molecule has 11 heavy (non-hydrogen) atoms. The molecule has 3 atom stereocenters. The second-order valence-corrected chi connectivity index (χ2v) is 4.88. The van der Waals surface area contributed by atoms with Crippen molar-refractivity contribution < 1.29 is 0 Å². The van der Waals surface area contributed by atoms with E-state index in [1.807, 2.05) is 0 Å². The van der Waals surface area contributed by atoms with E-state index in [1.54, 1.807) is 0 Å². The largest absolute Gasteiger partial charge is 0.309 e. The third-order valence-electron chi connectivity index (χ3n) is 4.17. The topological polar surface area (TPSA) is 23.9 Å². The molecule has 3 rings (SSSR count). The molecule has 1 N–H and O–H groups in total. The summed E-state index contributed by atoms with van der Waals surface area (Å²) in [7, 11) is 0. The van der Waals surface area contributed by atoms with Crippen LogP contribution in [0.5, 0.6) is 0 Å². The van der Waals surface area contributed by atoms with Crippen LogP contribution < -0.4 is 0 Å². The van der Waals surface area contributed by atoms with Gasteiger partial charge < -0.3 is 5.41 Å². The van der Waals surface area contributed by atoms with Crippen LogP contribution in [-0.2, 0) is 0 Å². The van der Waals surface area contributed by atoms with Crippen molar-refractivity contribution in [1.29, 1.82) is 5.41 Å². The van der Waals surface area contributed by atoms with Crippen LogP contribution in [0.4, 0.5) is 0 Å². The first-order valence-corrected chi connectivity index (χ1v) is 4.61. The molecule has 0 saturated heterocycles. The minimum Gasteiger partial charge on any atom is -0.309 e. The Morgan fingerprint density at radius 1 is 1.45 bits per heavy atom. The summed E-state index contributed by atoms with van der Waals surface area (Å²) in [6.45, 7) is 6.97. The van der Waals surface area contributed by atoms with Gasteiger partial charge in [0.1, 0.15) is 0 Å². The number of hydrogen-bond acceptors (Lipinski definition) is 1. The van der Waals surface area contributed by atoms with Crippen molar-refractivity contribution in [1.82, 2.24) is 0 Å². The van der Waals surface area contributed by atoms with Crippen molar-refractivity contribution in [2.24, 2.45) is 23.2 Å². The van der Waals surface area contributed by atoms with E-state index in [0.29, 0.717) is 11.3 Å². The summed E-state index contributed by atoms with van der Waals surface area (Å²) < 4.78 is 0. The Balaban J connectivity index is 2.23. The van der Waals surface area contributed by atoms with Crippen LogP contribution in [0.1, 0.15) is 33.6 Å². The van der Waals surface area contributed by atoms with Gasteiger partial charge in [0.25, 0.3) is 0 Å². The summed E-state index contributed by atoms with van der Waals surface area (Å²) in [6, 6.07) is 0. The zero-order valence-electron chi connectivity index (χ0n) is 7.65. The molecule has 0 aromatic heterocycles. The van der Waals surface area contributed by atoms with Crippen LogP contribution in [0.2, 0.25) is 0 Å². The maximum absolute atomic E-state index is 7.73. The van der Waals surface area contributed by atoms with Gasteiger partial charge in [-0.05, 0) is 36.0 Å². The SMILES string of the molecule is C[C@@H]1C(=N)C[C@@H]2C[C@H]1C2(C)C. The highest BCUT2D eigenvalue weighted by Gasteiger charge is 2.54. The highest BCUT2D eigenvalue weighted by molar-refractivity contribution is 5.86. The summed E-state index contributed by atoms with van der Waals surface area (Å²) in [5.74, 6) is 2.21. The van der Waals surface area contributed by atoms with Crippen LogP contribution in [0.3, 0.4) is 0 Å². The molecule has 2 bridgehead atoms. The predicted octanol–water partition coefficient (Wildman–Crippen LogP) is 2.71. The average molecular weight is 151 g/mol. The molecule has 1 nitrogen and oxygen atoms in total. The van der Waals surface area contributed by atoms with E-state index >= 15 is 0 Å². The molecular formula is C10H17N. The number of hydrogen-bond donors (Lipinski definition) is 1. The molecule has 3 aliphatic rings. The lowest BCUT2D eigenvalue weighted by Gasteiger charge is -2.59. The summed E-state index contributed by atoms with van der Waals surface area (Å²) >= 11 is 0. The van der Waals surface area contributed by atoms with Gasteiger partial charge in [-0.15, -0.1) is 0 Å². The highest BCUT2D eigenvalue weighted by atomic mass is 14.6. The van der Waals surface area contributed by atoms with Gasteiger partial charge in [0.05, 0.1) is 0 Å². The Morgan fingerprint density at radius 2 is 2.09 bits per heavy atom. The van der Waals surface area contributed by atoms with E-state index < -0.39 is 0 Å². The Labute approximate surface area is 68.7 Å². The Kier molecular flexibility index (Phi) is 1.25. The van der Waals surface area contributed by atoms with Crippen LogP contribution >= 0.6 is 0 Å². The molecule has 3 aliphatic carbocycles. The van der Waals surface area contributed by atoms with Crippen molar-refractivity contribution in [3.05, 3.63) is 0 Å². The van der Waals surface area contributed by atoms with Gasteiger partial charge in [0.2, 0.25) is 0 Å². The van der Waals surface area contributed by atoms with E-state index in [-0.39, 0.29) is 0 Å². The molecule has 3 saturated carbocycles. The molecule has 3 fully saturated rings. The Bertz CT molecular complexity index is 205. The van der Waals surface area contributed by atoms with Gasteiger partial charge in [-0.3, -0.25) is 0 Å². The summed E-state index contributed by atoms with van der Waals surface area (Å²) in [4.78, 5) is 0. The zero-order chi connectivity index (χ0) is 8.22. The van der Waals surface area contributed by atoms with Crippen molar-refractivity contribution >= 4 is 5.71 Å². The quantitative estimate of drug-likeness (QED) is 0.550. The maximum atomic E-state index is 7.73. The fourth-order valence-corrected chi connectivity index (χ4v) is 2.95. The lowest BCUT2D eigenvalue weighted by Crippen LogP contribution is -2.55. The lowest BCUT2D eigenvalue weighted by atomic mass is 9.45. The monoisotopic (exact) mass is 151 g/mol. The van der Waals surface area contributed by atoms with E-state index in [0.717, 1.165) is 24.0 Å². The zero-order valence-corrected chi connectivity index (χ0v) is 7.65. The molecule has 0 heterocycles. The third-order valence-corrected chi connectivity index (χ3v) is 4.17. The van der Waals surface area contributed by atoms with Gasteiger partial charge >= 0.3 is 0 Å². The molecule has 0 aromatic rings. The Morgan fingerprint density at radius 3 is 2.45 bits per heavy atom. The molecule has 0 aliphatic heterocycles. The van der Waals surface area contributed by atoms with E-state index in [4.69, 9.17) is 5.41 Å². The molecule has 1 heteroatoms. The molecule has 0 unspecified atom stereocenters. The first-order valence-electron chi connectivity index (χ1n) is 4.61. The van der Waals surface area contributed by atoms with Crippen molar-refractivity contribution in [2.75, 3.05) is 0 Å². The van der Waals surface area contributed by atoms with E-state index in [9.17, 15) is 0 Å². The fraction of sp³-hybridized carbons (Fsp3) is 0.900. The van der Waals surface area contributed by atoms with Gasteiger partial charge in [-0.2, -0.15) is 0 Å². The van der Waals surface area contributed by atoms with E-state index in [2.05, 4.69) is 20.8 Å². The predicted molar refractivity (Wildman–Crippen MR) is 46.9 cm³/mol. The van der Waals surface area contributed by atoms with Gasteiger partial charge in [-0.1, -0.05) is 20.8 Å². The maximum Gasteiger partial charge on any atom is 0.0123 e. The Hall–Kier alpha value is -0.330. The molecule has 0 amide bonds. The second kappa shape index (κ2) is 1.88. The summed E-state index contributed by atoms with van der Waals surface area (Å²) in [5, 5.41) is 7.73.